The first-order valence-corrected chi connectivity index (χ1v) is 13.6. The summed E-state index contributed by atoms with van der Waals surface area (Å²) in [7, 11) is 0. The molecule has 10 nitrogen and oxygen atoms in total. The molecule has 4 aliphatic rings. The second-order valence-electron chi connectivity index (χ2n) is 10.9. The van der Waals surface area contributed by atoms with Crippen LogP contribution in [0.1, 0.15) is 66.2 Å². The lowest BCUT2D eigenvalue weighted by atomic mass is 9.66. The number of ketones is 2. The molecule has 2 saturated carbocycles. The predicted octanol–water partition coefficient (Wildman–Crippen LogP) is 2.57. The normalized spacial score (nSPS) is 33.0. The van der Waals surface area contributed by atoms with Gasteiger partial charge in [-0.2, -0.15) is 0 Å². The van der Waals surface area contributed by atoms with Crippen LogP contribution in [0.25, 0.3) is 0 Å². The summed E-state index contributed by atoms with van der Waals surface area (Å²) in [5.74, 6) is 3.00. The van der Waals surface area contributed by atoms with E-state index in [2.05, 4.69) is 11.8 Å². The second kappa shape index (κ2) is 12.2. The highest BCUT2D eigenvalue weighted by Crippen LogP contribution is 2.43. The number of rotatable bonds is 4. The minimum Gasteiger partial charge on any atom is -0.459 e. The van der Waals surface area contributed by atoms with Crippen LogP contribution in [-0.4, -0.2) is 59.9 Å². The van der Waals surface area contributed by atoms with Crippen LogP contribution >= 0.6 is 0 Å². The molecule has 0 spiro atoms. The van der Waals surface area contributed by atoms with Crippen molar-refractivity contribution in [3.8, 4) is 11.8 Å². The number of hydrogen-bond acceptors (Lipinski definition) is 10. The predicted molar refractivity (Wildman–Crippen MR) is 138 cm³/mol. The number of allylic oxidation sites excluding steroid dienone is 4. The molecule has 0 radical (unpaired) electrons. The number of carbonyl (C=O) groups is 6. The molecule has 2 fully saturated rings. The van der Waals surface area contributed by atoms with Gasteiger partial charge in [-0.05, 0) is 25.7 Å². The number of ether oxygens (including phenoxy) is 4. The fourth-order valence-corrected chi connectivity index (χ4v) is 6.47. The molecule has 40 heavy (non-hydrogen) atoms. The Morgan fingerprint density at radius 2 is 0.825 bits per heavy atom. The molecule has 8 atom stereocenters. The number of carbonyl (C=O) groups excluding carboxylic acids is 6. The van der Waals surface area contributed by atoms with Gasteiger partial charge in [0, 0.05) is 75.4 Å². The van der Waals surface area contributed by atoms with Crippen LogP contribution in [-0.2, 0) is 47.7 Å². The van der Waals surface area contributed by atoms with Crippen molar-refractivity contribution < 1.29 is 47.7 Å². The van der Waals surface area contributed by atoms with E-state index in [1.807, 2.05) is 0 Å². The monoisotopic (exact) mass is 554 g/mol. The van der Waals surface area contributed by atoms with Crippen LogP contribution in [0, 0.1) is 35.5 Å². The molecule has 0 N–H and O–H groups in total. The third kappa shape index (κ3) is 6.69. The average Bonchev–Trinajstić information content (AvgIpc) is 2.85. The first-order valence-electron chi connectivity index (χ1n) is 13.6. The second-order valence-corrected chi connectivity index (χ2v) is 10.9. The van der Waals surface area contributed by atoms with Crippen LogP contribution in [0.15, 0.2) is 23.3 Å². The van der Waals surface area contributed by atoms with Gasteiger partial charge in [-0.25, -0.2) is 0 Å². The maximum absolute atomic E-state index is 12.8. The van der Waals surface area contributed by atoms with Crippen molar-refractivity contribution in [2.24, 2.45) is 23.7 Å². The van der Waals surface area contributed by atoms with Gasteiger partial charge in [0.2, 0.25) is 0 Å². The summed E-state index contributed by atoms with van der Waals surface area (Å²) < 4.78 is 21.7. The molecular weight excluding hydrogens is 520 g/mol. The molecule has 10 heteroatoms. The quantitative estimate of drug-likeness (QED) is 0.289. The molecule has 4 rings (SSSR count). The topological polar surface area (TPSA) is 139 Å². The zero-order chi connectivity index (χ0) is 29.1. The fraction of sp³-hybridized carbons (Fsp3) is 0.600. The van der Waals surface area contributed by atoms with E-state index in [-0.39, 0.29) is 61.9 Å². The summed E-state index contributed by atoms with van der Waals surface area (Å²) in [5.41, 5.74) is 1.48. The highest BCUT2D eigenvalue weighted by atomic mass is 16.6. The van der Waals surface area contributed by atoms with Gasteiger partial charge in [0.1, 0.15) is 36.0 Å². The standard InChI is InChI=1S/C30H34O10/c1-15(31)37-27-11-21-19(7-9-25(35)23(21)13-29(27)39-17(3)33)5-6-20-8-10-26(36)24-14-30(40-18(4)34)28(12-22(20)24)38-16(2)32/h7-8,21-24,27-30H,9-14H2,1-4H3/t21-,22-,23+,24+,27-,28-,29+,30+/m1/s1. The summed E-state index contributed by atoms with van der Waals surface area (Å²) in [6.45, 7) is 5.12. The van der Waals surface area contributed by atoms with Gasteiger partial charge >= 0.3 is 23.9 Å². The third-order valence-corrected chi connectivity index (χ3v) is 8.04. The van der Waals surface area contributed by atoms with Crippen molar-refractivity contribution in [3.05, 3.63) is 23.3 Å². The van der Waals surface area contributed by atoms with Gasteiger partial charge in [-0.3, -0.25) is 28.8 Å². The third-order valence-electron chi connectivity index (χ3n) is 8.04. The molecule has 0 unspecified atom stereocenters. The zero-order valence-electron chi connectivity index (χ0n) is 23.1. The number of hydrogen-bond donors (Lipinski definition) is 0. The Morgan fingerprint density at radius 3 is 1.10 bits per heavy atom. The number of Topliss-reactive ketones (excluding diaryl/α,β-unsaturated/α-hetero) is 2. The Bertz CT molecular complexity index is 1140. The summed E-state index contributed by atoms with van der Waals surface area (Å²) in [5, 5.41) is 0. The lowest BCUT2D eigenvalue weighted by Crippen LogP contribution is -2.47. The minimum absolute atomic E-state index is 0.0181. The molecule has 0 aromatic heterocycles. The zero-order valence-corrected chi connectivity index (χ0v) is 23.1. The van der Waals surface area contributed by atoms with E-state index in [0.29, 0.717) is 0 Å². The maximum Gasteiger partial charge on any atom is 0.303 e. The first kappa shape index (κ1) is 29.2. The molecule has 0 aliphatic heterocycles. The van der Waals surface area contributed by atoms with E-state index in [4.69, 9.17) is 18.9 Å². The van der Waals surface area contributed by atoms with Crippen molar-refractivity contribution >= 4 is 35.4 Å². The van der Waals surface area contributed by atoms with Crippen LogP contribution in [0.5, 0.6) is 0 Å². The summed E-state index contributed by atoms with van der Waals surface area (Å²) in [6, 6.07) is 0. The van der Waals surface area contributed by atoms with Gasteiger partial charge in [0.25, 0.3) is 0 Å². The van der Waals surface area contributed by atoms with E-state index in [0.717, 1.165) is 11.1 Å². The molecule has 0 heterocycles. The highest BCUT2D eigenvalue weighted by Gasteiger charge is 2.47. The molecule has 0 aromatic rings. The Labute approximate surface area is 232 Å². The SMILES string of the molecule is CC(=O)O[C@H]1C[C@@H]2C(=O)CC=C(C#CC3=CCC(=O)[C@H]4C[C@H](OC(C)=O)[C@H](OC(C)=O)C[C@H]34)[C@H]2C[C@H]1OC(C)=O. The molecule has 0 amide bonds. The van der Waals surface area contributed by atoms with Crippen molar-refractivity contribution in [1.82, 2.24) is 0 Å². The van der Waals surface area contributed by atoms with E-state index in [1.54, 1.807) is 12.2 Å². The van der Waals surface area contributed by atoms with Crippen molar-refractivity contribution in [2.75, 3.05) is 0 Å². The molecule has 214 valence electrons. The Balaban J connectivity index is 1.58. The van der Waals surface area contributed by atoms with Crippen LogP contribution < -0.4 is 0 Å². The molecule has 0 aromatic carbocycles. The van der Waals surface area contributed by atoms with E-state index in [1.165, 1.54) is 27.7 Å². The smallest absolute Gasteiger partial charge is 0.303 e. The van der Waals surface area contributed by atoms with Crippen LogP contribution in [0.2, 0.25) is 0 Å². The highest BCUT2D eigenvalue weighted by molar-refractivity contribution is 5.86. The lowest BCUT2D eigenvalue weighted by Gasteiger charge is -2.41. The molecular formula is C30H34O10. The lowest BCUT2D eigenvalue weighted by molar-refractivity contribution is -0.173. The van der Waals surface area contributed by atoms with Gasteiger partial charge < -0.3 is 18.9 Å². The summed E-state index contributed by atoms with van der Waals surface area (Å²) in [4.78, 5) is 72.5. The Kier molecular flexibility index (Phi) is 8.92. The van der Waals surface area contributed by atoms with E-state index < -0.39 is 60.1 Å². The number of fused-ring (bicyclic) bond motifs is 2. The maximum atomic E-state index is 12.8. The van der Waals surface area contributed by atoms with E-state index in [9.17, 15) is 28.8 Å². The largest absolute Gasteiger partial charge is 0.459 e. The van der Waals surface area contributed by atoms with E-state index >= 15 is 0 Å². The minimum atomic E-state index is -0.711. The first-order chi connectivity index (χ1) is 18.9. The summed E-state index contributed by atoms with van der Waals surface area (Å²) in [6.07, 6.45) is 2.20. The van der Waals surface area contributed by atoms with Gasteiger partial charge in [-0.15, -0.1) is 0 Å². The molecule has 0 bridgehead atoms. The average molecular weight is 555 g/mol. The van der Waals surface area contributed by atoms with Gasteiger partial charge in [0.15, 0.2) is 0 Å². The Morgan fingerprint density at radius 1 is 0.550 bits per heavy atom. The molecule has 4 aliphatic carbocycles. The summed E-state index contributed by atoms with van der Waals surface area (Å²) >= 11 is 0. The van der Waals surface area contributed by atoms with Crippen molar-refractivity contribution in [1.29, 1.82) is 0 Å². The molecule has 0 saturated heterocycles. The van der Waals surface area contributed by atoms with Crippen LogP contribution in [0.3, 0.4) is 0 Å². The van der Waals surface area contributed by atoms with Gasteiger partial charge in [0.05, 0.1) is 0 Å². The van der Waals surface area contributed by atoms with Gasteiger partial charge in [-0.1, -0.05) is 24.0 Å². The fourth-order valence-electron chi connectivity index (χ4n) is 6.47. The number of esters is 4. The van der Waals surface area contributed by atoms with Crippen molar-refractivity contribution in [3.63, 3.8) is 0 Å². The van der Waals surface area contributed by atoms with Crippen LogP contribution in [0.4, 0.5) is 0 Å². The Hall–Kier alpha value is -3.74. The van der Waals surface area contributed by atoms with Crippen molar-refractivity contribution in [2.45, 2.75) is 90.6 Å².